The van der Waals surface area contributed by atoms with Crippen LogP contribution < -0.4 is 9.47 Å². The van der Waals surface area contributed by atoms with Gasteiger partial charge in [0.25, 0.3) is 0 Å². The topological polar surface area (TPSA) is 87.8 Å². The molecule has 8 nitrogen and oxygen atoms in total. The van der Waals surface area contributed by atoms with Crippen LogP contribution in [0.1, 0.15) is 11.5 Å². The van der Waals surface area contributed by atoms with E-state index in [0.29, 0.717) is 23.1 Å². The summed E-state index contributed by atoms with van der Waals surface area (Å²) < 4.78 is 24.0. The highest BCUT2D eigenvalue weighted by atomic mass is 32.2. The van der Waals surface area contributed by atoms with Gasteiger partial charge in [-0.05, 0) is 25.1 Å². The first kappa shape index (κ1) is 18.6. The predicted molar refractivity (Wildman–Crippen MR) is 112 cm³/mol. The van der Waals surface area contributed by atoms with Crippen molar-refractivity contribution in [2.45, 2.75) is 17.7 Å². The number of aryl methyl sites for hydroxylation is 1. The van der Waals surface area contributed by atoms with Crippen molar-refractivity contribution in [3.8, 4) is 23.0 Å². The van der Waals surface area contributed by atoms with Crippen molar-refractivity contribution >= 4 is 28.4 Å². The lowest BCUT2D eigenvalue weighted by atomic mass is 10.2. The second-order valence-electron chi connectivity index (χ2n) is 6.59. The summed E-state index contributed by atoms with van der Waals surface area (Å²) in [5.41, 5.74) is 4.39. The Morgan fingerprint density at radius 3 is 2.77 bits per heavy atom. The standard InChI is InChI=1S/C21H18N4O4S/c1-12-14(23-20(29-12)13-4-5-17(26-2)19(8-13)27-3)10-30-21-16-9-18-15(6-7-28-18)25(16)11-22-24-21/h4-9,11H,10H2,1-3H3. The maximum Gasteiger partial charge on any atom is 0.226 e. The zero-order chi connectivity index (χ0) is 20.7. The highest BCUT2D eigenvalue weighted by Gasteiger charge is 2.16. The maximum atomic E-state index is 5.91. The van der Waals surface area contributed by atoms with Crippen LogP contribution in [0.25, 0.3) is 28.1 Å². The molecule has 5 aromatic rings. The van der Waals surface area contributed by atoms with Crippen molar-refractivity contribution < 1.29 is 18.3 Å². The smallest absolute Gasteiger partial charge is 0.226 e. The number of hydrogen-bond acceptors (Lipinski definition) is 8. The highest BCUT2D eigenvalue weighted by molar-refractivity contribution is 7.98. The number of aromatic nitrogens is 4. The van der Waals surface area contributed by atoms with E-state index in [0.717, 1.165) is 38.7 Å². The van der Waals surface area contributed by atoms with Crippen molar-refractivity contribution in [3.05, 3.63) is 54.4 Å². The third-order valence-electron chi connectivity index (χ3n) is 4.86. The van der Waals surface area contributed by atoms with E-state index < -0.39 is 0 Å². The third kappa shape index (κ3) is 3.07. The molecule has 0 aliphatic rings. The molecule has 0 bridgehead atoms. The van der Waals surface area contributed by atoms with Crippen molar-refractivity contribution in [1.29, 1.82) is 0 Å². The number of rotatable bonds is 6. The Balaban J connectivity index is 1.42. The number of nitrogens with zero attached hydrogens (tertiary/aromatic N) is 4. The Bertz CT molecular complexity index is 1350. The molecule has 4 aromatic heterocycles. The molecule has 0 unspecified atom stereocenters. The molecule has 0 fully saturated rings. The monoisotopic (exact) mass is 422 g/mol. The first-order chi connectivity index (χ1) is 14.7. The lowest BCUT2D eigenvalue weighted by molar-refractivity contribution is 0.355. The Morgan fingerprint density at radius 2 is 1.93 bits per heavy atom. The molecule has 4 heterocycles. The Kier molecular flexibility index (Phi) is 4.59. The van der Waals surface area contributed by atoms with Crippen LogP contribution in [-0.2, 0) is 5.75 Å². The molecule has 0 aliphatic carbocycles. The SMILES string of the molecule is COc1ccc(-c2nc(CSc3nncn4c3cc3occc34)c(C)o2)cc1OC. The van der Waals surface area contributed by atoms with E-state index in [1.165, 1.54) is 0 Å². The van der Waals surface area contributed by atoms with Gasteiger partial charge in [0.1, 0.15) is 17.1 Å². The van der Waals surface area contributed by atoms with E-state index in [-0.39, 0.29) is 0 Å². The average Bonchev–Trinajstić information content (AvgIpc) is 3.46. The van der Waals surface area contributed by atoms with Gasteiger partial charge in [-0.3, -0.25) is 4.40 Å². The molecule has 0 saturated heterocycles. The molecule has 5 rings (SSSR count). The van der Waals surface area contributed by atoms with E-state index in [4.69, 9.17) is 18.3 Å². The van der Waals surface area contributed by atoms with E-state index in [9.17, 15) is 0 Å². The molecular weight excluding hydrogens is 404 g/mol. The van der Waals surface area contributed by atoms with Gasteiger partial charge in [0, 0.05) is 23.4 Å². The van der Waals surface area contributed by atoms with Gasteiger partial charge in [0.05, 0.1) is 37.2 Å². The first-order valence-corrected chi connectivity index (χ1v) is 10.2. The minimum absolute atomic E-state index is 0.536. The van der Waals surface area contributed by atoms with Crippen LogP contribution in [0.15, 0.2) is 56.8 Å². The fraction of sp³-hybridized carbons (Fsp3) is 0.190. The van der Waals surface area contributed by atoms with Crippen molar-refractivity contribution in [3.63, 3.8) is 0 Å². The van der Waals surface area contributed by atoms with Crippen molar-refractivity contribution in [1.82, 2.24) is 19.6 Å². The fourth-order valence-corrected chi connectivity index (χ4v) is 4.26. The van der Waals surface area contributed by atoms with Crippen LogP contribution in [0.3, 0.4) is 0 Å². The maximum absolute atomic E-state index is 5.91. The summed E-state index contributed by atoms with van der Waals surface area (Å²) in [5.74, 6) is 3.18. The van der Waals surface area contributed by atoms with E-state index in [2.05, 4.69) is 15.2 Å². The molecule has 0 spiro atoms. The Morgan fingerprint density at radius 1 is 1.07 bits per heavy atom. The predicted octanol–water partition coefficient (Wildman–Crippen LogP) is 4.75. The molecule has 1 aromatic carbocycles. The minimum atomic E-state index is 0.536. The fourth-order valence-electron chi connectivity index (χ4n) is 3.31. The molecule has 0 radical (unpaired) electrons. The molecule has 152 valence electrons. The van der Waals surface area contributed by atoms with Gasteiger partial charge in [0.15, 0.2) is 17.1 Å². The summed E-state index contributed by atoms with van der Waals surface area (Å²) in [6.07, 6.45) is 3.35. The van der Waals surface area contributed by atoms with E-state index in [1.54, 1.807) is 38.6 Å². The summed E-state index contributed by atoms with van der Waals surface area (Å²) in [4.78, 5) is 4.68. The average molecular weight is 422 g/mol. The summed E-state index contributed by atoms with van der Waals surface area (Å²) in [5, 5.41) is 9.22. The molecule has 9 heteroatoms. The summed E-state index contributed by atoms with van der Waals surface area (Å²) in [6.45, 7) is 1.91. The highest BCUT2D eigenvalue weighted by Crippen LogP contribution is 2.34. The number of oxazole rings is 1. The van der Waals surface area contributed by atoms with Gasteiger partial charge in [0.2, 0.25) is 5.89 Å². The van der Waals surface area contributed by atoms with Gasteiger partial charge in [-0.1, -0.05) is 11.8 Å². The van der Waals surface area contributed by atoms with Crippen LogP contribution >= 0.6 is 11.8 Å². The zero-order valence-corrected chi connectivity index (χ0v) is 17.4. The largest absolute Gasteiger partial charge is 0.493 e. The van der Waals surface area contributed by atoms with Gasteiger partial charge in [-0.15, -0.1) is 10.2 Å². The van der Waals surface area contributed by atoms with E-state index in [1.807, 2.05) is 41.7 Å². The molecule has 30 heavy (non-hydrogen) atoms. The van der Waals surface area contributed by atoms with Gasteiger partial charge < -0.3 is 18.3 Å². The Labute approximate surface area is 175 Å². The number of ether oxygens (including phenoxy) is 2. The van der Waals surface area contributed by atoms with Gasteiger partial charge in [-0.2, -0.15) is 0 Å². The number of methoxy groups -OCH3 is 2. The number of furan rings is 1. The van der Waals surface area contributed by atoms with Crippen molar-refractivity contribution in [2.75, 3.05) is 14.2 Å². The molecule has 0 N–H and O–H groups in total. The van der Waals surface area contributed by atoms with E-state index >= 15 is 0 Å². The van der Waals surface area contributed by atoms with Crippen LogP contribution in [-0.4, -0.2) is 33.8 Å². The Hall–Kier alpha value is -3.46. The van der Waals surface area contributed by atoms with Crippen LogP contribution in [0.5, 0.6) is 11.5 Å². The zero-order valence-electron chi connectivity index (χ0n) is 16.6. The quantitative estimate of drug-likeness (QED) is 0.362. The number of fused-ring (bicyclic) bond motifs is 3. The molecule has 0 saturated carbocycles. The second kappa shape index (κ2) is 7.42. The van der Waals surface area contributed by atoms with Gasteiger partial charge in [-0.25, -0.2) is 4.98 Å². The van der Waals surface area contributed by atoms with Crippen LogP contribution in [0, 0.1) is 6.92 Å². The van der Waals surface area contributed by atoms with Gasteiger partial charge >= 0.3 is 0 Å². The van der Waals surface area contributed by atoms with Crippen LogP contribution in [0.4, 0.5) is 0 Å². The minimum Gasteiger partial charge on any atom is -0.493 e. The first-order valence-electron chi connectivity index (χ1n) is 9.19. The summed E-state index contributed by atoms with van der Waals surface area (Å²) >= 11 is 1.55. The summed E-state index contributed by atoms with van der Waals surface area (Å²) in [6, 6.07) is 9.46. The molecule has 0 aliphatic heterocycles. The third-order valence-corrected chi connectivity index (χ3v) is 5.85. The summed E-state index contributed by atoms with van der Waals surface area (Å²) in [7, 11) is 3.21. The van der Waals surface area contributed by atoms with Crippen LogP contribution in [0.2, 0.25) is 0 Å². The lowest BCUT2D eigenvalue weighted by Gasteiger charge is -2.07. The van der Waals surface area contributed by atoms with Crippen molar-refractivity contribution in [2.24, 2.45) is 0 Å². The molecular formula is C21H18N4O4S. The number of hydrogen-bond donors (Lipinski definition) is 0. The molecule has 0 atom stereocenters. The normalized spacial score (nSPS) is 11.4. The number of benzene rings is 1. The number of thioether (sulfide) groups is 1. The lowest BCUT2D eigenvalue weighted by Crippen LogP contribution is -1.94. The molecule has 0 amide bonds. The second-order valence-corrected chi connectivity index (χ2v) is 7.55.